The van der Waals surface area contributed by atoms with Gasteiger partial charge in [0.25, 0.3) is 0 Å². The lowest BCUT2D eigenvalue weighted by molar-refractivity contribution is -0.162. The Morgan fingerprint density at radius 1 is 1.40 bits per heavy atom. The first-order valence-electron chi connectivity index (χ1n) is 9.16. The Hall–Kier alpha value is -1.85. The fourth-order valence-electron chi connectivity index (χ4n) is 6.08. The van der Waals surface area contributed by atoms with E-state index in [1.54, 1.807) is 0 Å². The number of benzene rings is 1. The second-order valence-corrected chi connectivity index (χ2v) is 7.62. The van der Waals surface area contributed by atoms with Crippen molar-refractivity contribution < 1.29 is 14.3 Å². The Morgan fingerprint density at radius 3 is 3.04 bits per heavy atom. The third-order valence-corrected chi connectivity index (χ3v) is 6.99. The summed E-state index contributed by atoms with van der Waals surface area (Å²) in [6, 6.07) is 8.53. The normalized spacial score (nSPS) is 42.3. The minimum absolute atomic E-state index is 0.113. The maximum atomic E-state index is 13.1. The van der Waals surface area contributed by atoms with Crippen LogP contribution in [0.1, 0.15) is 25.3 Å². The number of esters is 1. The molecule has 4 aliphatic rings. The summed E-state index contributed by atoms with van der Waals surface area (Å²) in [5, 5.41) is 7.37. The van der Waals surface area contributed by atoms with Crippen molar-refractivity contribution in [1.29, 1.82) is 0 Å². The number of nitrogens with one attached hydrogen (secondary N) is 2. The summed E-state index contributed by atoms with van der Waals surface area (Å²) in [6.45, 7) is 3.53. The van der Waals surface area contributed by atoms with Gasteiger partial charge >= 0.3 is 5.97 Å². The highest BCUT2D eigenvalue weighted by molar-refractivity contribution is 5.80. The molecule has 3 heterocycles. The van der Waals surface area contributed by atoms with Gasteiger partial charge in [0.15, 0.2) is 5.72 Å². The van der Waals surface area contributed by atoms with E-state index < -0.39 is 5.72 Å². The first-order valence-corrected chi connectivity index (χ1v) is 9.16. The highest BCUT2D eigenvalue weighted by Gasteiger charge is 2.74. The van der Waals surface area contributed by atoms with Crippen molar-refractivity contribution in [2.24, 2.45) is 11.8 Å². The highest BCUT2D eigenvalue weighted by Crippen LogP contribution is 2.65. The number of rotatable bonds is 1. The minimum atomic E-state index is -0.564. The van der Waals surface area contributed by atoms with Crippen molar-refractivity contribution in [2.45, 2.75) is 36.9 Å². The van der Waals surface area contributed by atoms with E-state index >= 15 is 0 Å². The molecule has 1 aromatic rings. The molecule has 3 fully saturated rings. The van der Waals surface area contributed by atoms with E-state index in [9.17, 15) is 4.79 Å². The number of hydrogen-bond donors (Lipinski definition) is 2. The van der Waals surface area contributed by atoms with Crippen molar-refractivity contribution in [3.05, 3.63) is 41.5 Å². The number of carbonyl (C=O) groups is 1. The van der Waals surface area contributed by atoms with Crippen molar-refractivity contribution in [2.75, 3.05) is 25.6 Å². The van der Waals surface area contributed by atoms with Gasteiger partial charge in [-0.25, -0.2) is 0 Å². The second-order valence-electron chi connectivity index (χ2n) is 7.62. The summed E-state index contributed by atoms with van der Waals surface area (Å²) < 4.78 is 11.7. The Labute approximate surface area is 147 Å². The van der Waals surface area contributed by atoms with Crippen molar-refractivity contribution in [1.82, 2.24) is 5.32 Å². The Kier molecular flexibility index (Phi) is 3.13. The fourth-order valence-corrected chi connectivity index (χ4v) is 6.08. The molecule has 0 unspecified atom stereocenters. The molecule has 132 valence electrons. The molecular formula is C20H24N2O3. The third-order valence-electron chi connectivity index (χ3n) is 6.99. The monoisotopic (exact) mass is 340 g/mol. The van der Waals surface area contributed by atoms with E-state index in [2.05, 4.69) is 41.8 Å². The van der Waals surface area contributed by atoms with Gasteiger partial charge in [0.1, 0.15) is 0 Å². The Bertz CT molecular complexity index is 776. The Morgan fingerprint density at radius 2 is 2.24 bits per heavy atom. The van der Waals surface area contributed by atoms with E-state index in [0.29, 0.717) is 6.61 Å². The van der Waals surface area contributed by atoms with Crippen LogP contribution < -0.4 is 10.6 Å². The van der Waals surface area contributed by atoms with Gasteiger partial charge in [-0.3, -0.25) is 4.79 Å². The second kappa shape index (κ2) is 5.08. The zero-order chi connectivity index (χ0) is 17.2. The van der Waals surface area contributed by atoms with Crippen LogP contribution in [0.2, 0.25) is 0 Å². The number of anilines is 1. The van der Waals surface area contributed by atoms with Gasteiger partial charge in [0.05, 0.1) is 31.1 Å². The number of piperidine rings is 1. The molecule has 0 radical (unpaired) electrons. The number of allylic oxidation sites excluding steroid dienone is 1. The van der Waals surface area contributed by atoms with E-state index in [1.165, 1.54) is 18.2 Å². The number of para-hydroxylation sites is 1. The molecule has 1 saturated carbocycles. The zero-order valence-electron chi connectivity index (χ0n) is 14.7. The summed E-state index contributed by atoms with van der Waals surface area (Å²) in [5.74, 6) is -0.134. The van der Waals surface area contributed by atoms with Gasteiger partial charge in [-0.15, -0.1) is 0 Å². The van der Waals surface area contributed by atoms with E-state index in [-0.39, 0.29) is 29.3 Å². The van der Waals surface area contributed by atoms with E-state index in [0.717, 1.165) is 25.1 Å². The number of methoxy groups -OCH3 is 1. The van der Waals surface area contributed by atoms with Crippen LogP contribution in [0.3, 0.4) is 0 Å². The molecule has 0 spiro atoms. The van der Waals surface area contributed by atoms with Crippen molar-refractivity contribution in [3.63, 3.8) is 0 Å². The van der Waals surface area contributed by atoms with Gasteiger partial charge in [-0.2, -0.15) is 0 Å². The molecule has 1 aromatic carbocycles. The SMILES string of the molecule is C/C=C1/CN[C@H]2C[C@@H]1[C@@H](C(=O)OC)[C@@]13CCO[C@@]21Nc1ccccc13. The van der Waals surface area contributed by atoms with Gasteiger partial charge < -0.3 is 20.1 Å². The molecule has 0 amide bonds. The van der Waals surface area contributed by atoms with Crippen LogP contribution in [-0.4, -0.2) is 38.0 Å². The number of hydrogen-bond acceptors (Lipinski definition) is 5. The third kappa shape index (κ3) is 1.64. The summed E-state index contributed by atoms with van der Waals surface area (Å²) in [5.41, 5.74) is 2.66. The lowest BCUT2D eigenvalue weighted by Gasteiger charge is -2.57. The van der Waals surface area contributed by atoms with Crippen LogP contribution in [0.15, 0.2) is 35.9 Å². The molecule has 0 aromatic heterocycles. The molecule has 1 aliphatic carbocycles. The first kappa shape index (κ1) is 15.4. The molecule has 5 atom stereocenters. The largest absolute Gasteiger partial charge is 0.469 e. The van der Waals surface area contributed by atoms with Crippen LogP contribution in [0, 0.1) is 11.8 Å². The maximum absolute atomic E-state index is 13.1. The van der Waals surface area contributed by atoms with Crippen LogP contribution in [-0.2, 0) is 19.7 Å². The molecule has 5 rings (SSSR count). The first-order chi connectivity index (χ1) is 12.2. The predicted molar refractivity (Wildman–Crippen MR) is 94.2 cm³/mol. The number of fused-ring (bicyclic) bond motifs is 3. The molecular weight excluding hydrogens is 316 g/mol. The number of ether oxygens (including phenoxy) is 2. The lowest BCUT2D eigenvalue weighted by Crippen LogP contribution is -2.73. The van der Waals surface area contributed by atoms with Crippen molar-refractivity contribution in [3.8, 4) is 0 Å². The molecule has 3 aliphatic heterocycles. The maximum Gasteiger partial charge on any atom is 0.310 e. The average Bonchev–Trinajstić information content (AvgIpc) is 3.15. The summed E-state index contributed by atoms with van der Waals surface area (Å²) in [6.07, 6.45) is 3.89. The summed E-state index contributed by atoms with van der Waals surface area (Å²) >= 11 is 0. The summed E-state index contributed by atoms with van der Waals surface area (Å²) in [4.78, 5) is 13.1. The van der Waals surface area contributed by atoms with Crippen molar-refractivity contribution >= 4 is 11.7 Å². The standard InChI is InChI=1S/C20H24N2O3/c1-3-12-11-21-16-10-13(12)17(18(23)24-2)19-8-9-25-20(16,19)22-15-7-5-4-6-14(15)19/h3-7,13,16-17,21-22H,8-11H2,1-2H3/b12-3-/t13-,16-,17-,19-,20-/m0/s1. The van der Waals surface area contributed by atoms with Gasteiger partial charge in [-0.1, -0.05) is 29.8 Å². The van der Waals surface area contributed by atoms with E-state index in [1.807, 2.05) is 6.07 Å². The molecule has 5 nitrogen and oxygen atoms in total. The van der Waals surface area contributed by atoms with Gasteiger partial charge in [0, 0.05) is 12.2 Å². The zero-order valence-corrected chi connectivity index (χ0v) is 14.7. The lowest BCUT2D eigenvalue weighted by atomic mass is 9.51. The molecule has 5 heteroatoms. The van der Waals surface area contributed by atoms with Crippen LogP contribution in [0.5, 0.6) is 0 Å². The van der Waals surface area contributed by atoms with Gasteiger partial charge in [0.2, 0.25) is 0 Å². The Balaban J connectivity index is 1.79. The van der Waals surface area contributed by atoms with Gasteiger partial charge in [-0.05, 0) is 37.3 Å². The average molecular weight is 340 g/mol. The minimum Gasteiger partial charge on any atom is -0.469 e. The molecule has 2 N–H and O–H groups in total. The quantitative estimate of drug-likeness (QED) is 0.606. The summed E-state index contributed by atoms with van der Waals surface area (Å²) in [7, 11) is 1.51. The van der Waals surface area contributed by atoms with Crippen LogP contribution >= 0.6 is 0 Å². The van der Waals surface area contributed by atoms with Crippen LogP contribution in [0.4, 0.5) is 5.69 Å². The van der Waals surface area contributed by atoms with E-state index in [4.69, 9.17) is 9.47 Å². The van der Waals surface area contributed by atoms with Crippen LogP contribution in [0.25, 0.3) is 0 Å². The highest BCUT2D eigenvalue weighted by atomic mass is 16.5. The molecule has 2 saturated heterocycles. The molecule has 2 bridgehead atoms. The topological polar surface area (TPSA) is 59.6 Å². The number of carbonyl (C=O) groups excluding carboxylic acids is 1. The predicted octanol–water partition coefficient (Wildman–Crippen LogP) is 2.19. The molecule has 25 heavy (non-hydrogen) atoms. The fraction of sp³-hybridized carbons (Fsp3) is 0.550. The smallest absolute Gasteiger partial charge is 0.310 e.